The van der Waals surface area contributed by atoms with Crippen molar-refractivity contribution in [2.75, 3.05) is 0 Å². The molecule has 23 heavy (non-hydrogen) atoms. The molecule has 1 aliphatic carbocycles. The minimum atomic E-state index is 0. The summed E-state index contributed by atoms with van der Waals surface area (Å²) in [6, 6.07) is 12.1. The fraction of sp³-hybridized carbons (Fsp3) is 0.211. The van der Waals surface area contributed by atoms with Gasteiger partial charge < -0.3 is 4.57 Å². The molecule has 2 aliphatic rings. The summed E-state index contributed by atoms with van der Waals surface area (Å²) in [6.45, 7) is 4.44. The number of fused-ring (bicyclic) bond motifs is 7. The van der Waals surface area contributed by atoms with Crippen LogP contribution in [0.1, 0.15) is 35.0 Å². The van der Waals surface area contributed by atoms with Crippen molar-refractivity contribution in [2.24, 2.45) is 0 Å². The Bertz CT molecular complexity index is 1010. The maximum Gasteiger partial charge on any atom is 0.253 e. The number of hydrogen-bond acceptors (Lipinski definition) is 1. The zero-order valence-corrected chi connectivity index (χ0v) is 18.2. The number of aromatic nitrogens is 2. The van der Waals surface area contributed by atoms with Crippen LogP contribution in [0, 0.1) is 13.0 Å². The van der Waals surface area contributed by atoms with Gasteiger partial charge in [-0.05, 0) is 25.0 Å². The van der Waals surface area contributed by atoms with Gasteiger partial charge in [0.25, 0.3) is 16.3 Å². The first-order valence-corrected chi connectivity index (χ1v) is 8.85. The molecule has 1 aliphatic heterocycles. The first-order valence-electron chi connectivity index (χ1n) is 7.85. The first kappa shape index (κ1) is 13.8. The van der Waals surface area contributed by atoms with Crippen molar-refractivity contribution in [2.45, 2.75) is 26.7 Å². The largest absolute Gasteiger partial charge is 0.351 e. The minimum Gasteiger partial charge on any atom is -0.351 e. The van der Waals surface area contributed by atoms with E-state index in [-0.39, 0.29) is 0 Å². The van der Waals surface area contributed by atoms with Crippen LogP contribution in [0.25, 0.3) is 22.3 Å². The third-order valence-corrected chi connectivity index (χ3v) is 6.36. The molecule has 4 heteroatoms. The number of rotatable bonds is 0. The predicted octanol–water partition coefficient (Wildman–Crippen LogP) is 2.96. The summed E-state index contributed by atoms with van der Waals surface area (Å²) in [7, 11) is 0. The summed E-state index contributed by atoms with van der Waals surface area (Å²) in [6.07, 6.45) is 2.07. The number of imidazole rings is 1. The molecule has 1 aromatic heterocycles. The fourth-order valence-corrected chi connectivity index (χ4v) is 4.72. The average molecular weight is 546 g/mol. The molecule has 0 fully saturated rings. The summed E-state index contributed by atoms with van der Waals surface area (Å²) in [4.78, 5) is 4.92. The van der Waals surface area contributed by atoms with Crippen LogP contribution in [0.4, 0.5) is 0 Å². The molecule has 3 aromatic rings. The van der Waals surface area contributed by atoms with Gasteiger partial charge in [-0.3, -0.25) is 0 Å². The second-order valence-electron chi connectivity index (χ2n) is 6.57. The van der Waals surface area contributed by atoms with Crippen molar-refractivity contribution in [3.05, 3.63) is 62.8 Å². The summed E-state index contributed by atoms with van der Waals surface area (Å²) >= 11 is 1.15. The summed E-state index contributed by atoms with van der Waals surface area (Å²) < 4.78 is 4.02. The molecule has 2 heterocycles. The zero-order chi connectivity index (χ0) is 15.0. The van der Waals surface area contributed by atoms with Crippen molar-refractivity contribution >= 4 is 32.9 Å². The number of hydrogen-bond donors (Lipinski definition) is 0. The molecule has 0 saturated heterocycles. The molecule has 0 spiro atoms. The van der Waals surface area contributed by atoms with Gasteiger partial charge in [-0.15, -0.1) is 15.6 Å². The van der Waals surface area contributed by atoms with Gasteiger partial charge in [-0.2, -0.15) is 18.2 Å². The van der Waals surface area contributed by atoms with Gasteiger partial charge in [0.15, 0.2) is 0 Å². The fourth-order valence-electron chi connectivity index (χ4n) is 4.09. The summed E-state index contributed by atoms with van der Waals surface area (Å²) in [5.41, 5.74) is 10.8. The van der Waals surface area contributed by atoms with Gasteiger partial charge in [-0.25, -0.2) is 4.98 Å². The Balaban J connectivity index is 0.00000135. The van der Waals surface area contributed by atoms with E-state index < -0.39 is 0 Å². The van der Waals surface area contributed by atoms with E-state index in [1.807, 2.05) is 6.07 Å². The molecule has 0 saturated carbocycles. The second-order valence-corrected chi connectivity index (χ2v) is 7.77. The van der Waals surface area contributed by atoms with E-state index in [2.05, 4.69) is 42.7 Å². The van der Waals surface area contributed by atoms with Crippen LogP contribution >= 0.6 is 0 Å². The van der Waals surface area contributed by atoms with Gasteiger partial charge in [0.05, 0.1) is 11.0 Å². The molecule has 0 unspecified atom stereocenters. The molecule has 0 amide bonds. The third-order valence-electron chi connectivity index (χ3n) is 5.26. The van der Waals surface area contributed by atoms with Crippen LogP contribution in [-0.4, -0.2) is 25.8 Å². The van der Waals surface area contributed by atoms with Crippen molar-refractivity contribution < 1.29 is 0 Å². The average Bonchev–Trinajstić information content (AvgIpc) is 3.10. The molecule has 115 valence electrons. The van der Waals surface area contributed by atoms with E-state index in [1.165, 1.54) is 44.9 Å². The van der Waals surface area contributed by atoms with E-state index in [4.69, 9.17) is 4.98 Å². The van der Waals surface area contributed by atoms with Gasteiger partial charge in [0.2, 0.25) is 0 Å². The van der Waals surface area contributed by atoms with E-state index in [0.717, 1.165) is 34.6 Å². The van der Waals surface area contributed by atoms with Crippen molar-refractivity contribution in [1.29, 1.82) is 0 Å². The Kier molecular flexibility index (Phi) is 2.61. The first-order chi connectivity index (χ1) is 10.6. The number of aryl methyl sites for hydroxylation is 1. The summed E-state index contributed by atoms with van der Waals surface area (Å²) in [5.74, 6) is 1.18. The predicted molar refractivity (Wildman–Crippen MR) is 92.3 cm³/mol. The second kappa shape index (κ2) is 4.35. The van der Waals surface area contributed by atoms with E-state index >= 15 is 0 Å². The standard InChI is InChI=1S/C19H14N2.Al.Bk.2H/c1-11-6-7-13-8-9-15-19(17(11)13)21-16(20-15)10-14-5-3-4-12(2)18(14)21;;;;/h3,5,8-9H,7,10H2,1-2H3;;;;/q-1;;;;. The molecule has 5 rings (SSSR count). The van der Waals surface area contributed by atoms with Crippen LogP contribution in [-0.2, 0) is 12.8 Å². The van der Waals surface area contributed by atoms with E-state index in [9.17, 15) is 0 Å². The van der Waals surface area contributed by atoms with E-state index in [1.54, 1.807) is 4.44 Å². The third kappa shape index (κ3) is 1.56. The maximum absolute atomic E-state index is 4.92. The van der Waals surface area contributed by atoms with Crippen molar-refractivity contribution in [3.8, 4) is 5.69 Å². The Morgan fingerprint density at radius 2 is 1.96 bits per heavy atom. The quantitative estimate of drug-likeness (QED) is 0.245. The Morgan fingerprint density at radius 3 is 2.78 bits per heavy atom. The molecule has 0 bridgehead atoms. The number of benzene rings is 2. The number of nitrogens with zero attached hydrogens (tertiary/aromatic N) is 2. The van der Waals surface area contributed by atoms with E-state index in [0.29, 0.717) is 0 Å². The van der Waals surface area contributed by atoms with Crippen LogP contribution in [0.3, 0.4) is 0 Å². The summed E-state index contributed by atoms with van der Waals surface area (Å²) in [5, 5.41) is 0. The Hall–Kier alpha value is -2.82. The van der Waals surface area contributed by atoms with Crippen LogP contribution in [0.15, 0.2) is 28.7 Å². The Labute approximate surface area is 137 Å². The maximum atomic E-state index is 4.92. The van der Waals surface area contributed by atoms with Crippen LogP contribution in [0.2, 0.25) is 0 Å². The van der Waals surface area contributed by atoms with Gasteiger partial charge in [0.1, 0.15) is 5.82 Å². The topological polar surface area (TPSA) is 17.8 Å². The SMILES string of the molecule is CC1=[C]([AlH2])Cc2ccc3nc4n(c3c21)-c1c(C)[c-]ccc1C4.[Bk]. The molecule has 2 nitrogen and oxygen atoms in total. The van der Waals surface area contributed by atoms with Gasteiger partial charge in [-0.1, -0.05) is 24.3 Å². The Morgan fingerprint density at radius 1 is 1.13 bits per heavy atom. The molecular weight excluding hydrogens is 530 g/mol. The minimum absolute atomic E-state index is 0. The number of allylic oxidation sites excluding steroid dienone is 2. The molecule has 0 atom stereocenters. The monoisotopic (exact) mass is 546 g/mol. The smallest absolute Gasteiger partial charge is 0.253 e. The van der Waals surface area contributed by atoms with Gasteiger partial charge in [0, 0.05) is 12.0 Å². The molecule has 1 radical (unpaired) electrons. The zero-order valence-electron chi connectivity index (χ0n) is 13.5. The molecule has 0 N–H and O–H groups in total. The van der Waals surface area contributed by atoms with Crippen molar-refractivity contribution in [1.82, 2.24) is 9.55 Å². The van der Waals surface area contributed by atoms with Crippen molar-refractivity contribution in [3.63, 3.8) is 0 Å². The van der Waals surface area contributed by atoms with Crippen LogP contribution in [0.5, 0.6) is 0 Å². The van der Waals surface area contributed by atoms with Crippen LogP contribution < -0.4 is 0 Å². The molecule has 2 aromatic carbocycles. The molecular formula is C19H16AlBkN2-. The van der Waals surface area contributed by atoms with Gasteiger partial charge >= 0.3 is 0 Å². The normalized spacial score (nSPS) is 14.7.